The average molecular weight is 239 g/mol. The lowest BCUT2D eigenvalue weighted by Crippen LogP contribution is -2.42. The summed E-state index contributed by atoms with van der Waals surface area (Å²) in [5.74, 6) is 0.202. The second kappa shape index (κ2) is 4.93. The summed E-state index contributed by atoms with van der Waals surface area (Å²) in [5, 5.41) is 1.99. The van der Waals surface area contributed by atoms with Crippen LogP contribution < -0.4 is 5.73 Å². The van der Waals surface area contributed by atoms with Crippen molar-refractivity contribution in [3.05, 3.63) is 16.6 Å². The van der Waals surface area contributed by atoms with Gasteiger partial charge in [-0.2, -0.15) is 0 Å². The maximum atomic E-state index is 11.9. The van der Waals surface area contributed by atoms with E-state index in [1.54, 1.807) is 16.8 Å². The number of nitrogens with two attached hydrogens (primary N) is 1. The first kappa shape index (κ1) is 11.5. The van der Waals surface area contributed by atoms with E-state index in [1.807, 2.05) is 17.2 Å². The van der Waals surface area contributed by atoms with Crippen molar-refractivity contribution >= 4 is 17.2 Å². The fraction of sp³-hybridized carbons (Fsp3) is 0.636. The minimum absolute atomic E-state index is 0.00787. The van der Waals surface area contributed by atoms with E-state index in [-0.39, 0.29) is 18.0 Å². The molecule has 2 atom stereocenters. The number of likely N-dealkylation sites (N-methyl/N-ethyl adjacent to an activating group) is 1. The molecule has 0 spiro atoms. The van der Waals surface area contributed by atoms with E-state index in [9.17, 15) is 4.79 Å². The predicted molar refractivity (Wildman–Crippen MR) is 64.1 cm³/mol. The third-order valence-corrected chi connectivity index (χ3v) is 3.69. The number of carbonyl (C=O) groups is 1. The van der Waals surface area contributed by atoms with Crippen LogP contribution in [0.1, 0.15) is 37.9 Å². The molecule has 0 aliphatic carbocycles. The summed E-state index contributed by atoms with van der Waals surface area (Å²) in [6.45, 7) is 2.70. The predicted octanol–water partition coefficient (Wildman–Crippen LogP) is 1.54. The molecule has 88 valence electrons. The van der Waals surface area contributed by atoms with Gasteiger partial charge in [0.15, 0.2) is 0 Å². The Kier molecular flexibility index (Phi) is 3.56. The summed E-state index contributed by atoms with van der Waals surface area (Å²) >= 11 is 1.55. The monoisotopic (exact) mass is 239 g/mol. The summed E-state index contributed by atoms with van der Waals surface area (Å²) in [6, 6.07) is -0.0280. The quantitative estimate of drug-likeness (QED) is 0.851. The van der Waals surface area contributed by atoms with Gasteiger partial charge in [-0.05, 0) is 19.8 Å². The molecule has 1 saturated heterocycles. The highest BCUT2D eigenvalue weighted by Gasteiger charge is 2.32. The zero-order chi connectivity index (χ0) is 11.5. The Morgan fingerprint density at radius 2 is 2.50 bits per heavy atom. The largest absolute Gasteiger partial charge is 0.333 e. The maximum Gasteiger partial charge on any atom is 0.223 e. The second-order valence-electron chi connectivity index (χ2n) is 4.09. The van der Waals surface area contributed by atoms with Crippen LogP contribution in [-0.4, -0.2) is 28.4 Å². The van der Waals surface area contributed by atoms with E-state index in [4.69, 9.17) is 5.73 Å². The zero-order valence-corrected chi connectivity index (χ0v) is 10.2. The van der Waals surface area contributed by atoms with Gasteiger partial charge in [0.1, 0.15) is 0 Å². The number of rotatable bonds is 2. The van der Waals surface area contributed by atoms with Crippen LogP contribution in [-0.2, 0) is 4.79 Å². The number of thiazole rings is 1. The molecule has 4 nitrogen and oxygen atoms in total. The van der Waals surface area contributed by atoms with Gasteiger partial charge in [-0.1, -0.05) is 0 Å². The van der Waals surface area contributed by atoms with Crippen molar-refractivity contribution in [3.63, 3.8) is 0 Å². The van der Waals surface area contributed by atoms with E-state index in [2.05, 4.69) is 4.98 Å². The first-order valence-electron chi connectivity index (χ1n) is 5.67. The van der Waals surface area contributed by atoms with Crippen LogP contribution in [0.25, 0.3) is 0 Å². The molecule has 2 heterocycles. The van der Waals surface area contributed by atoms with Gasteiger partial charge in [0.05, 0.1) is 17.2 Å². The molecule has 0 radical (unpaired) electrons. The number of amides is 1. The molecule has 1 aliphatic rings. The minimum Gasteiger partial charge on any atom is -0.333 e. The molecule has 5 heteroatoms. The molecule has 2 rings (SSSR count). The van der Waals surface area contributed by atoms with E-state index >= 15 is 0 Å². The van der Waals surface area contributed by atoms with E-state index in [0.29, 0.717) is 13.0 Å². The Morgan fingerprint density at radius 1 is 1.69 bits per heavy atom. The van der Waals surface area contributed by atoms with Crippen LogP contribution in [0.4, 0.5) is 0 Å². The van der Waals surface area contributed by atoms with Crippen molar-refractivity contribution in [2.45, 2.75) is 38.3 Å². The van der Waals surface area contributed by atoms with Crippen molar-refractivity contribution in [2.75, 3.05) is 6.54 Å². The number of aromatic nitrogens is 1. The van der Waals surface area contributed by atoms with Gasteiger partial charge >= 0.3 is 0 Å². The van der Waals surface area contributed by atoms with E-state index in [0.717, 1.165) is 18.5 Å². The van der Waals surface area contributed by atoms with Crippen LogP contribution in [0, 0.1) is 0 Å². The summed E-state index contributed by atoms with van der Waals surface area (Å²) in [7, 11) is 0. The van der Waals surface area contributed by atoms with Gasteiger partial charge in [-0.3, -0.25) is 4.79 Å². The maximum absolute atomic E-state index is 11.9. The van der Waals surface area contributed by atoms with Gasteiger partial charge < -0.3 is 10.6 Å². The molecule has 0 aromatic carbocycles. The van der Waals surface area contributed by atoms with Crippen LogP contribution >= 0.6 is 11.3 Å². The Hall–Kier alpha value is -0.940. The smallest absolute Gasteiger partial charge is 0.223 e. The lowest BCUT2D eigenvalue weighted by molar-refractivity contribution is -0.133. The molecule has 1 aromatic heterocycles. The van der Waals surface area contributed by atoms with Crippen LogP contribution in [0.5, 0.6) is 0 Å². The molecule has 0 bridgehead atoms. The van der Waals surface area contributed by atoms with Crippen LogP contribution in [0.3, 0.4) is 0 Å². The summed E-state index contributed by atoms with van der Waals surface area (Å²) < 4.78 is 0. The number of nitrogens with zero attached hydrogens (tertiary/aromatic N) is 2. The van der Waals surface area contributed by atoms with Gasteiger partial charge in [0.25, 0.3) is 0 Å². The van der Waals surface area contributed by atoms with Crippen molar-refractivity contribution in [1.82, 2.24) is 9.88 Å². The number of likely N-dealkylation sites (tertiary alicyclic amines) is 1. The Balaban J connectivity index is 2.31. The van der Waals surface area contributed by atoms with E-state index < -0.39 is 0 Å². The Labute approximate surface area is 99.5 Å². The van der Waals surface area contributed by atoms with Gasteiger partial charge in [-0.25, -0.2) is 4.98 Å². The number of carbonyl (C=O) groups excluding carboxylic acids is 1. The average Bonchev–Trinajstić information content (AvgIpc) is 2.73. The Bertz CT molecular complexity index is 352. The zero-order valence-electron chi connectivity index (χ0n) is 9.43. The van der Waals surface area contributed by atoms with Crippen molar-refractivity contribution in [3.8, 4) is 0 Å². The topological polar surface area (TPSA) is 59.2 Å². The highest BCUT2D eigenvalue weighted by Crippen LogP contribution is 2.29. The molecule has 1 aliphatic heterocycles. The molecule has 0 saturated carbocycles. The third-order valence-electron chi connectivity index (χ3n) is 3.08. The molecule has 2 N–H and O–H groups in total. The first-order valence-corrected chi connectivity index (χ1v) is 6.61. The molecule has 2 unspecified atom stereocenters. The summed E-state index contributed by atoms with van der Waals surface area (Å²) in [4.78, 5) is 18.1. The highest BCUT2D eigenvalue weighted by molar-refractivity contribution is 7.07. The lowest BCUT2D eigenvalue weighted by Gasteiger charge is -2.31. The fourth-order valence-corrected chi connectivity index (χ4v) is 2.88. The van der Waals surface area contributed by atoms with Crippen LogP contribution in [0.2, 0.25) is 0 Å². The van der Waals surface area contributed by atoms with Crippen molar-refractivity contribution < 1.29 is 4.79 Å². The SMILES string of the molecule is CCN1C(=O)CCCC(N)C1c1cscn1. The number of hydrogen-bond donors (Lipinski definition) is 1. The lowest BCUT2D eigenvalue weighted by atomic mass is 10.0. The molecule has 1 aromatic rings. The second-order valence-corrected chi connectivity index (χ2v) is 4.81. The van der Waals surface area contributed by atoms with Crippen molar-refractivity contribution in [1.29, 1.82) is 0 Å². The number of hydrogen-bond acceptors (Lipinski definition) is 4. The van der Waals surface area contributed by atoms with Crippen LogP contribution in [0.15, 0.2) is 10.9 Å². The normalized spacial score (nSPS) is 26.9. The fourth-order valence-electron chi connectivity index (χ4n) is 2.30. The van der Waals surface area contributed by atoms with Gasteiger partial charge in [-0.15, -0.1) is 11.3 Å². The highest BCUT2D eigenvalue weighted by atomic mass is 32.1. The standard InChI is InChI=1S/C11H17N3OS/c1-2-14-10(15)5-3-4-8(12)11(14)9-6-16-7-13-9/h6-8,11H,2-5,12H2,1H3. The first-order chi connectivity index (χ1) is 7.74. The molecule has 1 fully saturated rings. The molecule has 1 amide bonds. The Morgan fingerprint density at radius 3 is 3.12 bits per heavy atom. The van der Waals surface area contributed by atoms with Crippen molar-refractivity contribution in [2.24, 2.45) is 5.73 Å². The minimum atomic E-state index is -0.0359. The van der Waals surface area contributed by atoms with Gasteiger partial charge in [0, 0.05) is 24.4 Å². The molecular weight excluding hydrogens is 222 g/mol. The molecular formula is C11H17N3OS. The third kappa shape index (κ3) is 2.10. The van der Waals surface area contributed by atoms with E-state index in [1.165, 1.54) is 0 Å². The summed E-state index contributed by atoms with van der Waals surface area (Å²) in [5.41, 5.74) is 8.91. The molecule has 16 heavy (non-hydrogen) atoms. The summed E-state index contributed by atoms with van der Waals surface area (Å²) in [6.07, 6.45) is 2.39. The van der Waals surface area contributed by atoms with Gasteiger partial charge in [0.2, 0.25) is 5.91 Å².